The van der Waals surface area contributed by atoms with Crippen molar-refractivity contribution in [3.05, 3.63) is 0 Å². The average molecular weight is 357 g/mol. The third kappa shape index (κ3) is 3.79. The first-order valence-electron chi connectivity index (χ1n) is 6.75. The Kier molecular flexibility index (Phi) is 5.74. The van der Waals surface area contributed by atoms with Gasteiger partial charge in [-0.15, -0.1) is 0 Å². The first-order chi connectivity index (χ1) is 10.3. The molecule has 0 atom stereocenters. The van der Waals surface area contributed by atoms with Gasteiger partial charge < -0.3 is 5.11 Å². The molecule has 0 saturated heterocycles. The fourth-order valence-electron chi connectivity index (χ4n) is 2.44. The van der Waals surface area contributed by atoms with Gasteiger partial charge >= 0.3 is 30.3 Å². The van der Waals surface area contributed by atoms with E-state index in [1.165, 1.54) is 0 Å². The number of alkyl halides is 8. The Labute approximate surface area is 126 Å². The van der Waals surface area contributed by atoms with Crippen molar-refractivity contribution in [1.29, 1.82) is 0 Å². The maximum atomic E-state index is 13.6. The molecule has 0 bridgehead atoms. The van der Waals surface area contributed by atoms with E-state index in [9.17, 15) is 39.9 Å². The van der Waals surface area contributed by atoms with Crippen molar-refractivity contribution in [2.45, 2.75) is 62.3 Å². The summed E-state index contributed by atoms with van der Waals surface area (Å²) in [5, 5.41) is 8.88. The van der Waals surface area contributed by atoms with Gasteiger partial charge in [0.05, 0.1) is 6.54 Å². The molecule has 0 aromatic carbocycles. The Bertz CT molecular complexity index is 423. The van der Waals surface area contributed by atoms with Gasteiger partial charge in [-0.05, 0) is 12.8 Å². The van der Waals surface area contributed by atoms with Crippen LogP contribution in [0.5, 0.6) is 0 Å². The van der Waals surface area contributed by atoms with Crippen molar-refractivity contribution in [2.75, 3.05) is 6.54 Å². The van der Waals surface area contributed by atoms with Crippen molar-refractivity contribution in [3.8, 4) is 0 Å². The van der Waals surface area contributed by atoms with Crippen molar-refractivity contribution in [1.82, 2.24) is 4.90 Å². The van der Waals surface area contributed by atoms with Crippen LogP contribution < -0.4 is 0 Å². The lowest BCUT2D eigenvalue weighted by atomic mass is 9.93. The van der Waals surface area contributed by atoms with Crippen LogP contribution in [0.3, 0.4) is 0 Å². The molecular weight excluding hydrogens is 342 g/mol. The van der Waals surface area contributed by atoms with Crippen molar-refractivity contribution in [2.24, 2.45) is 0 Å². The first-order valence-corrected chi connectivity index (χ1v) is 6.75. The smallest absolute Gasteiger partial charge is 0.407 e. The van der Waals surface area contributed by atoms with Crippen molar-refractivity contribution in [3.63, 3.8) is 0 Å². The third-order valence-electron chi connectivity index (χ3n) is 3.78. The fraction of sp³-hybridized carbons (Fsp3) is 0.917. The van der Waals surface area contributed by atoms with Gasteiger partial charge in [0.2, 0.25) is 0 Å². The summed E-state index contributed by atoms with van der Waals surface area (Å²) in [4.78, 5) is 10.9. The molecule has 136 valence electrons. The molecule has 1 aliphatic carbocycles. The molecule has 1 N–H and O–H groups in total. The lowest BCUT2D eigenvalue weighted by molar-refractivity contribution is -0.340. The number of halogens is 8. The van der Waals surface area contributed by atoms with Gasteiger partial charge in [-0.25, -0.2) is 13.6 Å². The Morgan fingerprint density at radius 1 is 1.04 bits per heavy atom. The highest BCUT2D eigenvalue weighted by Gasteiger charge is 2.75. The Balaban J connectivity index is 3.02. The van der Waals surface area contributed by atoms with E-state index >= 15 is 0 Å². The number of rotatable bonds is 6. The molecule has 1 amide bonds. The molecule has 1 aliphatic rings. The summed E-state index contributed by atoms with van der Waals surface area (Å²) in [6.07, 6.45) is -5.17. The number of carboxylic acid groups (broad SMARTS) is 1. The second-order valence-electron chi connectivity index (χ2n) is 5.40. The highest BCUT2D eigenvalue weighted by Crippen LogP contribution is 2.49. The van der Waals surface area contributed by atoms with E-state index in [-0.39, 0.29) is 17.7 Å². The number of nitrogens with zero attached hydrogens (tertiary/aromatic N) is 1. The summed E-state index contributed by atoms with van der Waals surface area (Å²) in [7, 11) is 0. The highest BCUT2D eigenvalue weighted by molar-refractivity contribution is 5.65. The minimum atomic E-state index is -6.39. The number of amides is 1. The number of carbonyl (C=O) groups is 1. The van der Waals surface area contributed by atoms with E-state index in [4.69, 9.17) is 5.11 Å². The molecule has 11 heteroatoms. The van der Waals surface area contributed by atoms with Gasteiger partial charge in [0.15, 0.2) is 0 Å². The maximum Gasteiger partial charge on any atom is 0.407 e. The van der Waals surface area contributed by atoms with Crippen LogP contribution in [-0.4, -0.2) is 52.9 Å². The summed E-state index contributed by atoms with van der Waals surface area (Å²) < 4.78 is 103. The molecule has 1 fully saturated rings. The van der Waals surface area contributed by atoms with E-state index in [0.29, 0.717) is 19.3 Å². The van der Waals surface area contributed by atoms with Gasteiger partial charge in [0.25, 0.3) is 0 Å². The Morgan fingerprint density at radius 3 is 1.91 bits per heavy atom. The van der Waals surface area contributed by atoms with Crippen LogP contribution >= 0.6 is 0 Å². The van der Waals surface area contributed by atoms with Crippen LogP contribution in [0.4, 0.5) is 39.9 Å². The molecule has 0 aromatic rings. The standard InChI is InChI=1S/C12H15F8NO2/c13-8(14)11(17,18)12(19,20)10(15,16)6-21(9(22)23)7-4-2-1-3-5-7/h7-8H,1-6H2,(H,22,23). The van der Waals surface area contributed by atoms with Crippen LogP contribution in [0.2, 0.25) is 0 Å². The maximum absolute atomic E-state index is 13.6. The SMILES string of the molecule is O=C(O)N(CC(F)(F)C(F)(F)C(F)(F)C(F)F)C1CCCCC1. The number of hydrogen-bond acceptors (Lipinski definition) is 1. The van der Waals surface area contributed by atoms with E-state index in [2.05, 4.69) is 0 Å². The minimum Gasteiger partial charge on any atom is -0.465 e. The van der Waals surface area contributed by atoms with Crippen LogP contribution in [0.25, 0.3) is 0 Å². The molecular formula is C12H15F8NO2. The second kappa shape index (κ2) is 6.68. The lowest BCUT2D eigenvalue weighted by Crippen LogP contribution is -2.62. The van der Waals surface area contributed by atoms with E-state index in [0.717, 1.165) is 0 Å². The average Bonchev–Trinajstić information content (AvgIpc) is 2.44. The van der Waals surface area contributed by atoms with Crippen LogP contribution in [0, 0.1) is 0 Å². The molecule has 0 aliphatic heterocycles. The van der Waals surface area contributed by atoms with E-state index in [1.54, 1.807) is 0 Å². The normalized spacial score (nSPS) is 18.3. The lowest BCUT2D eigenvalue weighted by Gasteiger charge is -2.38. The fourth-order valence-corrected chi connectivity index (χ4v) is 2.44. The predicted octanol–water partition coefficient (Wildman–Crippen LogP) is 4.47. The zero-order chi connectivity index (χ0) is 18.1. The largest absolute Gasteiger partial charge is 0.465 e. The topological polar surface area (TPSA) is 40.5 Å². The molecule has 0 radical (unpaired) electrons. The van der Waals surface area contributed by atoms with E-state index < -0.39 is 42.9 Å². The summed E-state index contributed by atoms with van der Waals surface area (Å²) in [5.74, 6) is -18.3. The van der Waals surface area contributed by atoms with Crippen molar-refractivity contribution >= 4 is 6.09 Å². The molecule has 23 heavy (non-hydrogen) atoms. The Morgan fingerprint density at radius 2 is 1.52 bits per heavy atom. The first kappa shape index (κ1) is 19.8. The quantitative estimate of drug-likeness (QED) is 0.713. The number of hydrogen-bond donors (Lipinski definition) is 1. The zero-order valence-corrected chi connectivity index (χ0v) is 11.7. The summed E-state index contributed by atoms with van der Waals surface area (Å²) >= 11 is 0. The van der Waals surface area contributed by atoms with Gasteiger partial charge in [-0.3, -0.25) is 4.90 Å². The highest BCUT2D eigenvalue weighted by atomic mass is 19.4. The van der Waals surface area contributed by atoms with Gasteiger partial charge in [0, 0.05) is 6.04 Å². The molecule has 0 heterocycles. The predicted molar refractivity (Wildman–Crippen MR) is 62.4 cm³/mol. The molecule has 0 unspecified atom stereocenters. The van der Waals surface area contributed by atoms with Gasteiger partial charge in [-0.1, -0.05) is 19.3 Å². The summed E-state index contributed by atoms with van der Waals surface area (Å²) in [6.45, 7) is -2.28. The molecule has 3 nitrogen and oxygen atoms in total. The Hall–Kier alpha value is -1.29. The van der Waals surface area contributed by atoms with Gasteiger partial charge in [0.1, 0.15) is 0 Å². The summed E-state index contributed by atoms with van der Waals surface area (Å²) in [6, 6.07) is -1.04. The molecule has 0 spiro atoms. The van der Waals surface area contributed by atoms with E-state index in [1.807, 2.05) is 0 Å². The van der Waals surface area contributed by atoms with Crippen LogP contribution in [-0.2, 0) is 0 Å². The molecule has 1 rings (SSSR count). The second-order valence-corrected chi connectivity index (χ2v) is 5.40. The zero-order valence-electron chi connectivity index (χ0n) is 11.7. The minimum absolute atomic E-state index is 0.0609. The van der Waals surface area contributed by atoms with Gasteiger partial charge in [-0.2, -0.15) is 26.3 Å². The van der Waals surface area contributed by atoms with Crippen LogP contribution in [0.15, 0.2) is 0 Å². The van der Waals surface area contributed by atoms with Crippen LogP contribution in [0.1, 0.15) is 32.1 Å². The molecule has 0 aromatic heterocycles. The summed E-state index contributed by atoms with van der Waals surface area (Å²) in [5.41, 5.74) is 0. The third-order valence-corrected chi connectivity index (χ3v) is 3.78. The molecule has 1 saturated carbocycles. The monoisotopic (exact) mass is 357 g/mol. The van der Waals surface area contributed by atoms with Crippen molar-refractivity contribution < 1.29 is 45.0 Å².